The molecule has 0 saturated carbocycles. The van der Waals surface area contributed by atoms with E-state index in [-0.39, 0.29) is 18.6 Å². The molecule has 0 aliphatic carbocycles. The van der Waals surface area contributed by atoms with Crippen LogP contribution in [0.3, 0.4) is 0 Å². The normalized spacial score (nSPS) is 11.2. The Morgan fingerprint density at radius 3 is 2.33 bits per heavy atom. The second-order valence-corrected chi connectivity index (χ2v) is 5.03. The summed E-state index contributed by atoms with van der Waals surface area (Å²) in [5, 5.41) is 4.42. The number of anilines is 1. The molecule has 4 N–H and O–H groups in total. The Bertz CT molecular complexity index is 613. The van der Waals surface area contributed by atoms with Gasteiger partial charge in [0.15, 0.2) is 11.9 Å². The highest BCUT2D eigenvalue weighted by Gasteiger charge is 2.20. The molecule has 0 aromatic heterocycles. The summed E-state index contributed by atoms with van der Waals surface area (Å²) >= 11 is 0. The summed E-state index contributed by atoms with van der Waals surface area (Å²) in [6.07, 6.45) is -1.35. The molecule has 1 aromatic carbocycles. The lowest BCUT2D eigenvalue weighted by Gasteiger charge is -2.12. The Labute approximate surface area is 139 Å². The van der Waals surface area contributed by atoms with Crippen LogP contribution in [0.1, 0.15) is 37.0 Å². The Kier molecular flexibility index (Phi) is 7.41. The Hall–Kier alpha value is -2.90. The SMILES string of the molecule is CCNC(=O)NC(=O)[C@H](C)OC(=O)CCC(=O)c1ccc(N)cc1. The second kappa shape index (κ2) is 9.29. The molecule has 24 heavy (non-hydrogen) atoms. The van der Waals surface area contributed by atoms with Crippen LogP contribution in [0.5, 0.6) is 0 Å². The van der Waals surface area contributed by atoms with Crippen LogP contribution in [0.15, 0.2) is 24.3 Å². The van der Waals surface area contributed by atoms with E-state index < -0.39 is 24.0 Å². The highest BCUT2D eigenvalue weighted by atomic mass is 16.5. The molecule has 0 spiro atoms. The van der Waals surface area contributed by atoms with Gasteiger partial charge in [-0.05, 0) is 38.1 Å². The summed E-state index contributed by atoms with van der Waals surface area (Å²) in [6.45, 7) is 3.40. The van der Waals surface area contributed by atoms with Crippen LogP contribution in [0, 0.1) is 0 Å². The van der Waals surface area contributed by atoms with E-state index in [1.54, 1.807) is 31.2 Å². The number of imide groups is 1. The molecule has 0 aliphatic rings. The van der Waals surface area contributed by atoms with Crippen LogP contribution in [0.4, 0.5) is 10.5 Å². The van der Waals surface area contributed by atoms with E-state index in [4.69, 9.17) is 10.5 Å². The number of nitrogens with two attached hydrogens (primary N) is 1. The maximum absolute atomic E-state index is 11.9. The lowest BCUT2D eigenvalue weighted by atomic mass is 10.1. The van der Waals surface area contributed by atoms with Crippen LogP contribution in [-0.2, 0) is 14.3 Å². The zero-order chi connectivity index (χ0) is 18.1. The van der Waals surface area contributed by atoms with Gasteiger partial charge in [0, 0.05) is 24.2 Å². The number of ether oxygens (including phenoxy) is 1. The van der Waals surface area contributed by atoms with Gasteiger partial charge in [-0.3, -0.25) is 19.7 Å². The summed E-state index contributed by atoms with van der Waals surface area (Å²) in [6, 6.07) is 5.68. The molecule has 0 bridgehead atoms. The van der Waals surface area contributed by atoms with Gasteiger partial charge in [-0.25, -0.2) is 4.79 Å². The molecule has 0 heterocycles. The lowest BCUT2D eigenvalue weighted by molar-refractivity contribution is -0.154. The topological polar surface area (TPSA) is 128 Å². The average molecular weight is 335 g/mol. The Morgan fingerprint density at radius 2 is 1.75 bits per heavy atom. The van der Waals surface area contributed by atoms with Crippen molar-refractivity contribution in [2.75, 3.05) is 12.3 Å². The van der Waals surface area contributed by atoms with Crippen LogP contribution in [-0.4, -0.2) is 36.3 Å². The van der Waals surface area contributed by atoms with Crippen LogP contribution < -0.4 is 16.4 Å². The smallest absolute Gasteiger partial charge is 0.321 e. The van der Waals surface area contributed by atoms with E-state index >= 15 is 0 Å². The quantitative estimate of drug-likeness (QED) is 0.387. The number of amides is 3. The number of hydrogen-bond donors (Lipinski definition) is 3. The van der Waals surface area contributed by atoms with Gasteiger partial charge in [0.05, 0.1) is 6.42 Å². The largest absolute Gasteiger partial charge is 0.453 e. The number of rotatable bonds is 7. The molecular formula is C16H21N3O5. The molecule has 0 saturated heterocycles. The number of Topliss-reactive ketones (excluding diaryl/α,β-unsaturated/α-hetero) is 1. The first-order valence-electron chi connectivity index (χ1n) is 7.50. The van der Waals surface area contributed by atoms with Gasteiger partial charge >= 0.3 is 12.0 Å². The minimum Gasteiger partial charge on any atom is -0.453 e. The third-order valence-corrected chi connectivity index (χ3v) is 3.04. The average Bonchev–Trinajstić information content (AvgIpc) is 2.53. The molecule has 8 heteroatoms. The molecule has 0 aliphatic heterocycles. The standard InChI is InChI=1S/C16H21N3O5/c1-3-18-16(23)19-15(22)10(2)24-14(21)9-8-13(20)11-4-6-12(17)7-5-11/h4-7,10H,3,8-9,17H2,1-2H3,(H2,18,19,22,23)/t10-/m0/s1. The third-order valence-electron chi connectivity index (χ3n) is 3.04. The van der Waals surface area contributed by atoms with Crippen LogP contribution >= 0.6 is 0 Å². The van der Waals surface area contributed by atoms with Crippen molar-refractivity contribution in [3.63, 3.8) is 0 Å². The third kappa shape index (κ3) is 6.47. The van der Waals surface area contributed by atoms with Crippen molar-refractivity contribution in [2.45, 2.75) is 32.8 Å². The summed E-state index contributed by atoms with van der Waals surface area (Å²) in [4.78, 5) is 46.4. The summed E-state index contributed by atoms with van der Waals surface area (Å²) in [7, 11) is 0. The van der Waals surface area contributed by atoms with E-state index in [1.165, 1.54) is 6.92 Å². The number of nitrogens with one attached hydrogen (secondary N) is 2. The molecular weight excluding hydrogens is 314 g/mol. The maximum Gasteiger partial charge on any atom is 0.321 e. The van der Waals surface area contributed by atoms with Gasteiger partial charge in [-0.2, -0.15) is 0 Å². The van der Waals surface area contributed by atoms with Gasteiger partial charge in [0.2, 0.25) is 0 Å². The Balaban J connectivity index is 2.39. The lowest BCUT2D eigenvalue weighted by Crippen LogP contribution is -2.44. The summed E-state index contributed by atoms with van der Waals surface area (Å²) < 4.78 is 4.89. The van der Waals surface area contributed by atoms with Crippen molar-refractivity contribution in [3.8, 4) is 0 Å². The molecule has 0 fully saturated rings. The number of nitrogen functional groups attached to an aromatic ring is 1. The first-order valence-corrected chi connectivity index (χ1v) is 7.50. The van der Waals surface area contributed by atoms with Crippen LogP contribution in [0.25, 0.3) is 0 Å². The molecule has 3 amide bonds. The number of urea groups is 1. The highest BCUT2D eigenvalue weighted by molar-refractivity contribution is 5.99. The van der Waals surface area contributed by atoms with Crippen molar-refractivity contribution in [1.29, 1.82) is 0 Å². The molecule has 8 nitrogen and oxygen atoms in total. The predicted octanol–water partition coefficient (Wildman–Crippen LogP) is 1.01. The fourth-order valence-electron chi connectivity index (χ4n) is 1.76. The maximum atomic E-state index is 11.9. The fraction of sp³-hybridized carbons (Fsp3) is 0.375. The zero-order valence-electron chi connectivity index (χ0n) is 13.6. The number of esters is 1. The van der Waals surface area contributed by atoms with Gasteiger partial charge in [0.25, 0.3) is 5.91 Å². The Morgan fingerprint density at radius 1 is 1.12 bits per heavy atom. The number of carbonyl (C=O) groups excluding carboxylic acids is 4. The van der Waals surface area contributed by atoms with Crippen LogP contribution in [0.2, 0.25) is 0 Å². The van der Waals surface area contributed by atoms with Gasteiger partial charge < -0.3 is 15.8 Å². The van der Waals surface area contributed by atoms with Crippen molar-refractivity contribution >= 4 is 29.4 Å². The van der Waals surface area contributed by atoms with Crippen molar-refractivity contribution in [3.05, 3.63) is 29.8 Å². The minimum absolute atomic E-state index is 0.0482. The van der Waals surface area contributed by atoms with Crippen molar-refractivity contribution in [2.24, 2.45) is 0 Å². The van der Waals surface area contributed by atoms with Crippen molar-refractivity contribution in [1.82, 2.24) is 10.6 Å². The minimum atomic E-state index is -1.13. The monoisotopic (exact) mass is 335 g/mol. The second-order valence-electron chi connectivity index (χ2n) is 5.03. The summed E-state index contributed by atoms with van der Waals surface area (Å²) in [5.74, 6) is -1.66. The van der Waals surface area contributed by atoms with Gasteiger partial charge in [0.1, 0.15) is 0 Å². The first kappa shape index (κ1) is 19.1. The van der Waals surface area contributed by atoms with Gasteiger partial charge in [-0.15, -0.1) is 0 Å². The summed E-state index contributed by atoms with van der Waals surface area (Å²) in [5.41, 5.74) is 6.52. The fourth-order valence-corrected chi connectivity index (χ4v) is 1.76. The van der Waals surface area contributed by atoms with E-state index in [9.17, 15) is 19.2 Å². The zero-order valence-corrected chi connectivity index (χ0v) is 13.6. The van der Waals surface area contributed by atoms with Crippen molar-refractivity contribution < 1.29 is 23.9 Å². The molecule has 0 unspecified atom stereocenters. The number of hydrogen-bond acceptors (Lipinski definition) is 6. The van der Waals surface area contributed by atoms with E-state index in [0.29, 0.717) is 17.8 Å². The number of benzene rings is 1. The highest BCUT2D eigenvalue weighted by Crippen LogP contribution is 2.10. The predicted molar refractivity (Wildman–Crippen MR) is 87.2 cm³/mol. The molecule has 130 valence electrons. The molecule has 0 radical (unpaired) electrons. The molecule has 1 aromatic rings. The molecule has 1 atom stereocenters. The number of carbonyl (C=O) groups is 4. The first-order chi connectivity index (χ1) is 11.3. The van der Waals surface area contributed by atoms with Gasteiger partial charge in [-0.1, -0.05) is 0 Å². The van der Waals surface area contributed by atoms with E-state index in [2.05, 4.69) is 5.32 Å². The molecule has 1 rings (SSSR count). The van der Waals surface area contributed by atoms with E-state index in [0.717, 1.165) is 0 Å². The number of ketones is 1. The van der Waals surface area contributed by atoms with E-state index in [1.807, 2.05) is 5.32 Å².